The van der Waals surface area contributed by atoms with Gasteiger partial charge in [0.1, 0.15) is 5.75 Å². The van der Waals surface area contributed by atoms with Crippen LogP contribution in [-0.2, 0) is 6.42 Å². The third-order valence-corrected chi connectivity index (χ3v) is 6.51. The van der Waals surface area contributed by atoms with E-state index in [9.17, 15) is 0 Å². The number of rotatable bonds is 18. The molecule has 0 amide bonds. The molecule has 0 radical (unpaired) electrons. The number of aryl methyl sites for hydroxylation is 1. The molecule has 178 valence electrons. The fraction of sp³-hybridized carbons (Fsp3) is 0.633. The van der Waals surface area contributed by atoms with Crippen LogP contribution in [0.1, 0.15) is 127 Å². The number of pyridine rings is 1. The van der Waals surface area contributed by atoms with Crippen LogP contribution in [0.25, 0.3) is 0 Å². The quantitative estimate of drug-likeness (QED) is 0.217. The maximum Gasteiger partial charge on any atom is 0.119 e. The zero-order valence-electron chi connectivity index (χ0n) is 21.1. The maximum absolute atomic E-state index is 5.94. The second kappa shape index (κ2) is 16.8. The van der Waals surface area contributed by atoms with Gasteiger partial charge in [-0.2, -0.15) is 0 Å². The van der Waals surface area contributed by atoms with Gasteiger partial charge in [-0.1, -0.05) is 110 Å². The van der Waals surface area contributed by atoms with Crippen LogP contribution in [-0.4, -0.2) is 11.6 Å². The van der Waals surface area contributed by atoms with Gasteiger partial charge in [-0.15, -0.1) is 0 Å². The Morgan fingerprint density at radius 2 is 1.28 bits per heavy atom. The molecule has 2 rings (SSSR count). The average molecular weight is 438 g/mol. The Balaban J connectivity index is 1.68. The van der Waals surface area contributed by atoms with Crippen LogP contribution >= 0.6 is 0 Å². The SMILES string of the molecule is CCCCCCCCCOc1ccc(C(C)c2ccc(CCCCCCCC)cn2)cc1. The fourth-order valence-corrected chi connectivity index (χ4v) is 4.22. The summed E-state index contributed by atoms with van der Waals surface area (Å²) in [4.78, 5) is 4.77. The molecule has 0 saturated carbocycles. The number of hydrogen-bond acceptors (Lipinski definition) is 2. The molecule has 0 spiro atoms. The molecule has 1 heterocycles. The molecule has 0 aliphatic heterocycles. The Morgan fingerprint density at radius 3 is 1.88 bits per heavy atom. The predicted molar refractivity (Wildman–Crippen MR) is 139 cm³/mol. The van der Waals surface area contributed by atoms with Crippen LogP contribution in [0.4, 0.5) is 0 Å². The molecule has 0 aliphatic carbocycles. The molecule has 2 heteroatoms. The van der Waals surface area contributed by atoms with Crippen LogP contribution in [0.2, 0.25) is 0 Å². The first-order valence-electron chi connectivity index (χ1n) is 13.4. The zero-order valence-corrected chi connectivity index (χ0v) is 21.1. The summed E-state index contributed by atoms with van der Waals surface area (Å²) < 4.78 is 5.94. The lowest BCUT2D eigenvalue weighted by molar-refractivity contribution is 0.304. The second-order valence-electron chi connectivity index (χ2n) is 9.37. The summed E-state index contributed by atoms with van der Waals surface area (Å²) >= 11 is 0. The monoisotopic (exact) mass is 437 g/mol. The van der Waals surface area contributed by atoms with Crippen LogP contribution in [0.3, 0.4) is 0 Å². The van der Waals surface area contributed by atoms with Crippen LogP contribution < -0.4 is 4.74 Å². The van der Waals surface area contributed by atoms with E-state index >= 15 is 0 Å². The summed E-state index contributed by atoms with van der Waals surface area (Å²) in [5, 5.41) is 0. The molecule has 0 fully saturated rings. The molecule has 0 aliphatic rings. The number of hydrogen-bond donors (Lipinski definition) is 0. The van der Waals surface area contributed by atoms with E-state index in [2.05, 4.69) is 63.4 Å². The highest BCUT2D eigenvalue weighted by Crippen LogP contribution is 2.25. The van der Waals surface area contributed by atoms with Gasteiger partial charge in [-0.05, 0) is 48.6 Å². The lowest BCUT2D eigenvalue weighted by Crippen LogP contribution is -2.01. The van der Waals surface area contributed by atoms with Crippen LogP contribution in [0.15, 0.2) is 42.6 Å². The van der Waals surface area contributed by atoms with Gasteiger partial charge in [-0.3, -0.25) is 4.98 Å². The minimum atomic E-state index is 0.301. The fourth-order valence-electron chi connectivity index (χ4n) is 4.22. The molecular weight excluding hydrogens is 390 g/mol. The lowest BCUT2D eigenvalue weighted by atomic mass is 9.96. The van der Waals surface area contributed by atoms with Gasteiger partial charge in [0.05, 0.1) is 6.61 Å². The van der Waals surface area contributed by atoms with Crippen molar-refractivity contribution < 1.29 is 4.74 Å². The van der Waals surface area contributed by atoms with E-state index in [1.165, 1.54) is 88.2 Å². The average Bonchev–Trinajstić information content (AvgIpc) is 2.83. The summed E-state index contributed by atoms with van der Waals surface area (Å²) in [5.74, 6) is 1.28. The number of benzene rings is 1. The van der Waals surface area contributed by atoms with Crippen molar-refractivity contribution in [3.63, 3.8) is 0 Å². The molecule has 32 heavy (non-hydrogen) atoms. The molecule has 1 atom stereocenters. The molecule has 0 bridgehead atoms. The maximum atomic E-state index is 5.94. The highest BCUT2D eigenvalue weighted by molar-refractivity contribution is 5.33. The summed E-state index contributed by atoms with van der Waals surface area (Å²) in [6.45, 7) is 7.60. The minimum absolute atomic E-state index is 0.301. The van der Waals surface area contributed by atoms with Gasteiger partial charge in [0.2, 0.25) is 0 Å². The van der Waals surface area contributed by atoms with Gasteiger partial charge in [-0.25, -0.2) is 0 Å². The molecule has 1 aromatic heterocycles. The van der Waals surface area contributed by atoms with Crippen LogP contribution in [0, 0.1) is 0 Å². The van der Waals surface area contributed by atoms with Gasteiger partial charge in [0.25, 0.3) is 0 Å². The smallest absolute Gasteiger partial charge is 0.119 e. The molecule has 0 N–H and O–H groups in total. The topological polar surface area (TPSA) is 22.1 Å². The van der Waals surface area contributed by atoms with Gasteiger partial charge >= 0.3 is 0 Å². The summed E-state index contributed by atoms with van der Waals surface area (Å²) in [5.41, 5.74) is 3.81. The molecule has 2 nitrogen and oxygen atoms in total. The Kier molecular flexibility index (Phi) is 13.8. The second-order valence-corrected chi connectivity index (χ2v) is 9.37. The normalized spacial score (nSPS) is 12.1. The van der Waals surface area contributed by atoms with Gasteiger partial charge in [0.15, 0.2) is 0 Å². The van der Waals surface area contributed by atoms with E-state index in [0.29, 0.717) is 5.92 Å². The standard InChI is InChI=1S/C30H47NO/c1-4-6-8-10-12-14-16-24-32-29-21-19-28(20-22-29)26(3)30-23-18-27(25-31-30)17-15-13-11-9-7-5-2/h18-23,25-26H,4-17,24H2,1-3H3. The summed E-state index contributed by atoms with van der Waals surface area (Å²) in [6, 6.07) is 13.1. The Hall–Kier alpha value is -1.83. The summed E-state index contributed by atoms with van der Waals surface area (Å²) in [7, 11) is 0. The zero-order chi connectivity index (χ0) is 22.9. The highest BCUT2D eigenvalue weighted by atomic mass is 16.5. The first-order chi connectivity index (χ1) is 15.7. The third-order valence-electron chi connectivity index (χ3n) is 6.51. The van der Waals surface area contributed by atoms with E-state index in [0.717, 1.165) is 30.9 Å². The summed E-state index contributed by atoms with van der Waals surface area (Å²) in [6.07, 6.45) is 20.5. The molecule has 1 aromatic carbocycles. The van der Waals surface area contributed by atoms with E-state index < -0.39 is 0 Å². The number of aromatic nitrogens is 1. The van der Waals surface area contributed by atoms with Gasteiger partial charge < -0.3 is 4.74 Å². The van der Waals surface area contributed by atoms with Crippen molar-refractivity contribution in [3.8, 4) is 5.75 Å². The number of ether oxygens (including phenoxy) is 1. The molecule has 1 unspecified atom stereocenters. The van der Waals surface area contributed by atoms with Crippen molar-refractivity contribution in [1.29, 1.82) is 0 Å². The van der Waals surface area contributed by atoms with E-state index in [1.807, 2.05) is 0 Å². The predicted octanol–water partition coefficient (Wildman–Crippen LogP) is 9.27. The Morgan fingerprint density at radius 1 is 0.688 bits per heavy atom. The third kappa shape index (κ3) is 10.7. The van der Waals surface area contributed by atoms with E-state index in [4.69, 9.17) is 9.72 Å². The first-order valence-corrected chi connectivity index (χ1v) is 13.4. The van der Waals surface area contributed by atoms with Crippen molar-refractivity contribution in [2.24, 2.45) is 0 Å². The first kappa shape index (κ1) is 26.4. The number of nitrogens with zero attached hydrogens (tertiary/aromatic N) is 1. The molecule has 0 saturated heterocycles. The Bertz CT molecular complexity index is 692. The van der Waals surface area contributed by atoms with E-state index in [1.54, 1.807) is 0 Å². The van der Waals surface area contributed by atoms with Crippen molar-refractivity contribution in [3.05, 3.63) is 59.4 Å². The molecule has 2 aromatic rings. The van der Waals surface area contributed by atoms with Gasteiger partial charge in [0, 0.05) is 17.8 Å². The molecular formula is C30H47NO. The highest BCUT2D eigenvalue weighted by Gasteiger charge is 2.10. The van der Waals surface area contributed by atoms with Crippen molar-refractivity contribution in [2.45, 2.75) is 117 Å². The lowest BCUT2D eigenvalue weighted by Gasteiger charge is -2.13. The van der Waals surface area contributed by atoms with Crippen molar-refractivity contribution in [1.82, 2.24) is 4.98 Å². The van der Waals surface area contributed by atoms with Crippen molar-refractivity contribution in [2.75, 3.05) is 6.61 Å². The van der Waals surface area contributed by atoms with Crippen molar-refractivity contribution >= 4 is 0 Å². The van der Waals surface area contributed by atoms with Crippen LogP contribution in [0.5, 0.6) is 5.75 Å². The Labute approximate surface area is 198 Å². The minimum Gasteiger partial charge on any atom is -0.494 e. The number of unbranched alkanes of at least 4 members (excludes halogenated alkanes) is 11. The van der Waals surface area contributed by atoms with E-state index in [-0.39, 0.29) is 0 Å². The largest absolute Gasteiger partial charge is 0.494 e.